The average Bonchev–Trinajstić information content (AvgIpc) is 2.96. The highest BCUT2D eigenvalue weighted by Crippen LogP contribution is 2.39. The van der Waals surface area contributed by atoms with Crippen LogP contribution in [0.2, 0.25) is 0 Å². The third-order valence-corrected chi connectivity index (χ3v) is 8.02. The Kier molecular flexibility index (Phi) is 11.0. The van der Waals surface area contributed by atoms with Gasteiger partial charge in [-0.2, -0.15) is 0 Å². The van der Waals surface area contributed by atoms with Gasteiger partial charge in [-0.25, -0.2) is 0 Å². The molecule has 8 nitrogen and oxygen atoms in total. The van der Waals surface area contributed by atoms with Gasteiger partial charge in [-0.15, -0.1) is 0 Å². The van der Waals surface area contributed by atoms with Gasteiger partial charge in [0, 0.05) is 32.1 Å². The van der Waals surface area contributed by atoms with E-state index >= 15 is 0 Å². The highest BCUT2D eigenvalue weighted by molar-refractivity contribution is 5.97. The second-order valence-corrected chi connectivity index (χ2v) is 10.7. The molecule has 1 fully saturated rings. The molecule has 2 aromatic rings. The number of carbonyl (C=O) groups excluding carboxylic acids is 2. The molecule has 2 amide bonds. The van der Waals surface area contributed by atoms with Gasteiger partial charge in [-0.1, -0.05) is 55.7 Å². The molecule has 1 aliphatic heterocycles. The van der Waals surface area contributed by atoms with Gasteiger partial charge < -0.3 is 30.7 Å². The second kappa shape index (κ2) is 14.9. The van der Waals surface area contributed by atoms with E-state index in [0.29, 0.717) is 56.4 Å². The number of amides is 2. The van der Waals surface area contributed by atoms with Gasteiger partial charge in [-0.3, -0.25) is 9.59 Å². The first-order chi connectivity index (χ1) is 19.0. The zero-order valence-electron chi connectivity index (χ0n) is 23.2. The number of nitrogens with zero attached hydrogens (tertiary/aromatic N) is 1. The van der Waals surface area contributed by atoms with Crippen molar-refractivity contribution in [3.05, 3.63) is 53.6 Å². The fraction of sp³-hybridized carbons (Fsp3) is 0.548. The second-order valence-electron chi connectivity index (χ2n) is 10.7. The molecule has 4 N–H and O–H groups in total. The van der Waals surface area contributed by atoms with Gasteiger partial charge >= 0.3 is 0 Å². The molecule has 2 aliphatic rings. The minimum atomic E-state index is -0.267. The standard InChI is InChI=1S/C31H44N4O4/c1-23(25-10-6-3-7-11-25)35(29(38)16-19-32-17-14-24-8-4-2-5-9-24)21-20-33-18-15-26-12-13-27(36)30-31(26)39-22-28(37)34-30/h2,4-5,8-9,12-13,23,25,32-33,36H,3,6-7,10-11,14-22H2,1H3,(H,34,37)/t23-/m1/s1. The van der Waals surface area contributed by atoms with E-state index in [-0.39, 0.29) is 30.2 Å². The summed E-state index contributed by atoms with van der Waals surface area (Å²) in [5, 5.41) is 19.7. The lowest BCUT2D eigenvalue weighted by Gasteiger charge is -2.37. The molecule has 0 saturated heterocycles. The molecule has 0 unspecified atom stereocenters. The van der Waals surface area contributed by atoms with Crippen molar-refractivity contribution in [3.63, 3.8) is 0 Å². The average molecular weight is 537 g/mol. The van der Waals surface area contributed by atoms with Crippen molar-refractivity contribution in [2.45, 2.75) is 64.3 Å². The summed E-state index contributed by atoms with van der Waals surface area (Å²) in [6.45, 7) is 5.83. The van der Waals surface area contributed by atoms with Crippen LogP contribution >= 0.6 is 0 Å². The van der Waals surface area contributed by atoms with Gasteiger partial charge in [0.1, 0.15) is 11.4 Å². The summed E-state index contributed by atoms with van der Waals surface area (Å²) in [4.78, 5) is 27.1. The summed E-state index contributed by atoms with van der Waals surface area (Å²) >= 11 is 0. The Morgan fingerprint density at radius 1 is 1.03 bits per heavy atom. The van der Waals surface area contributed by atoms with Gasteiger partial charge in [0.05, 0.1) is 0 Å². The number of anilines is 1. The Balaban J connectivity index is 1.24. The monoisotopic (exact) mass is 536 g/mol. The van der Waals surface area contributed by atoms with Gasteiger partial charge in [0.2, 0.25) is 5.91 Å². The summed E-state index contributed by atoms with van der Waals surface area (Å²) in [7, 11) is 0. The Hall–Kier alpha value is -3.10. The molecule has 212 valence electrons. The number of benzene rings is 2. The molecule has 0 bridgehead atoms. The van der Waals surface area contributed by atoms with Crippen molar-refractivity contribution in [2.24, 2.45) is 5.92 Å². The van der Waals surface area contributed by atoms with Crippen LogP contribution in [-0.4, -0.2) is 67.2 Å². The molecule has 1 heterocycles. The number of phenolic OH excluding ortho intramolecular Hbond substituents is 1. The normalized spacial score (nSPS) is 16.2. The van der Waals surface area contributed by atoms with E-state index in [9.17, 15) is 14.7 Å². The number of hydrogen-bond donors (Lipinski definition) is 4. The Labute approximate surface area is 232 Å². The zero-order chi connectivity index (χ0) is 27.5. The topological polar surface area (TPSA) is 103 Å². The number of rotatable bonds is 14. The third-order valence-electron chi connectivity index (χ3n) is 8.02. The van der Waals surface area contributed by atoms with Crippen molar-refractivity contribution < 1.29 is 19.4 Å². The predicted molar refractivity (Wildman–Crippen MR) is 154 cm³/mol. The van der Waals surface area contributed by atoms with Gasteiger partial charge in [-0.05, 0) is 68.8 Å². The van der Waals surface area contributed by atoms with E-state index < -0.39 is 0 Å². The highest BCUT2D eigenvalue weighted by atomic mass is 16.5. The molecular formula is C31H44N4O4. The Morgan fingerprint density at radius 2 is 1.77 bits per heavy atom. The molecule has 1 atom stereocenters. The lowest BCUT2D eigenvalue weighted by molar-refractivity contribution is -0.134. The Bertz CT molecular complexity index is 1070. The van der Waals surface area contributed by atoms with Crippen LogP contribution in [0.3, 0.4) is 0 Å². The number of phenols is 1. The van der Waals surface area contributed by atoms with E-state index in [1.54, 1.807) is 6.07 Å². The van der Waals surface area contributed by atoms with Crippen molar-refractivity contribution in [3.8, 4) is 11.5 Å². The molecule has 0 spiro atoms. The van der Waals surface area contributed by atoms with Crippen LogP contribution in [0.5, 0.6) is 11.5 Å². The largest absolute Gasteiger partial charge is 0.506 e. The summed E-state index contributed by atoms with van der Waals surface area (Å²) < 4.78 is 5.59. The lowest BCUT2D eigenvalue weighted by Crippen LogP contribution is -2.47. The summed E-state index contributed by atoms with van der Waals surface area (Å²) in [5.41, 5.74) is 2.58. The smallest absolute Gasteiger partial charge is 0.262 e. The summed E-state index contributed by atoms with van der Waals surface area (Å²) in [6.07, 6.45) is 8.39. The van der Waals surface area contributed by atoms with E-state index in [4.69, 9.17) is 4.74 Å². The predicted octanol–water partition coefficient (Wildman–Crippen LogP) is 3.88. The molecule has 2 aromatic carbocycles. The van der Waals surface area contributed by atoms with Gasteiger partial charge in [0.25, 0.3) is 5.91 Å². The first kappa shape index (κ1) is 28.9. The van der Waals surface area contributed by atoms with E-state index in [1.165, 1.54) is 37.7 Å². The molecule has 1 saturated carbocycles. The number of ether oxygens (including phenoxy) is 1. The maximum atomic E-state index is 13.3. The number of carbonyl (C=O) groups is 2. The minimum Gasteiger partial charge on any atom is -0.506 e. The van der Waals surface area contributed by atoms with Crippen LogP contribution < -0.4 is 20.7 Å². The van der Waals surface area contributed by atoms with E-state index in [0.717, 1.165) is 18.5 Å². The zero-order valence-corrected chi connectivity index (χ0v) is 23.2. The van der Waals surface area contributed by atoms with Crippen LogP contribution in [-0.2, 0) is 22.4 Å². The third kappa shape index (κ3) is 8.44. The SMILES string of the molecule is C[C@H](C1CCCCC1)N(CCNCCc1ccc(O)c2c1OCC(=O)N2)C(=O)CCNCCc1ccccc1. The fourth-order valence-corrected chi connectivity index (χ4v) is 5.73. The van der Waals surface area contributed by atoms with Crippen molar-refractivity contribution >= 4 is 17.5 Å². The molecule has 8 heteroatoms. The van der Waals surface area contributed by atoms with Crippen molar-refractivity contribution in [1.29, 1.82) is 0 Å². The van der Waals surface area contributed by atoms with E-state index in [2.05, 4.69) is 52.0 Å². The van der Waals surface area contributed by atoms with Crippen LogP contribution in [0, 0.1) is 5.92 Å². The van der Waals surface area contributed by atoms with Crippen molar-refractivity contribution in [2.75, 3.05) is 44.6 Å². The number of aromatic hydroxyl groups is 1. The summed E-state index contributed by atoms with van der Waals surface area (Å²) in [5.74, 6) is 1.08. The number of fused-ring (bicyclic) bond motifs is 1. The number of nitrogens with one attached hydrogen (secondary N) is 3. The molecule has 4 rings (SSSR count). The summed E-state index contributed by atoms with van der Waals surface area (Å²) in [6, 6.07) is 14.1. The lowest BCUT2D eigenvalue weighted by atomic mass is 9.84. The first-order valence-corrected chi connectivity index (χ1v) is 14.5. The Morgan fingerprint density at radius 3 is 2.56 bits per heavy atom. The molecule has 1 aliphatic carbocycles. The molecule has 39 heavy (non-hydrogen) atoms. The van der Waals surface area contributed by atoms with Crippen LogP contribution in [0.4, 0.5) is 5.69 Å². The van der Waals surface area contributed by atoms with Crippen LogP contribution in [0.15, 0.2) is 42.5 Å². The van der Waals surface area contributed by atoms with Gasteiger partial charge in [0.15, 0.2) is 12.4 Å². The molecule has 0 radical (unpaired) electrons. The van der Waals surface area contributed by atoms with Crippen LogP contribution in [0.1, 0.15) is 56.6 Å². The maximum Gasteiger partial charge on any atom is 0.262 e. The first-order valence-electron chi connectivity index (χ1n) is 14.5. The maximum absolute atomic E-state index is 13.3. The number of hydrogen-bond acceptors (Lipinski definition) is 6. The molecule has 0 aromatic heterocycles. The molecular weight excluding hydrogens is 492 g/mol. The highest BCUT2D eigenvalue weighted by Gasteiger charge is 2.28. The van der Waals surface area contributed by atoms with E-state index in [1.807, 2.05) is 12.1 Å². The van der Waals surface area contributed by atoms with Crippen LogP contribution in [0.25, 0.3) is 0 Å². The quantitative estimate of drug-likeness (QED) is 0.216. The van der Waals surface area contributed by atoms with Crippen molar-refractivity contribution in [1.82, 2.24) is 15.5 Å². The minimum absolute atomic E-state index is 0.00942. The fourth-order valence-electron chi connectivity index (χ4n) is 5.73.